The molecular weight excluding hydrogens is 325 g/mol. The molecule has 0 aliphatic heterocycles. The molecule has 0 heterocycles. The van der Waals surface area contributed by atoms with E-state index in [9.17, 15) is 4.79 Å². The molecule has 1 aromatic rings. The third kappa shape index (κ3) is 3.90. The van der Waals surface area contributed by atoms with E-state index in [0.29, 0.717) is 18.7 Å². The molecule has 1 amide bonds. The third-order valence-electron chi connectivity index (χ3n) is 2.13. The highest BCUT2D eigenvalue weighted by Gasteiger charge is 2.16. The molecule has 0 aliphatic carbocycles. The van der Waals surface area contributed by atoms with Gasteiger partial charge in [-0.05, 0) is 41.6 Å². The van der Waals surface area contributed by atoms with E-state index in [-0.39, 0.29) is 5.91 Å². The Morgan fingerprint density at radius 3 is 2.71 bits per heavy atom. The predicted molar refractivity (Wildman–Crippen MR) is 78.7 cm³/mol. The molecule has 0 unspecified atom stereocenters. The zero-order chi connectivity index (χ0) is 12.8. The van der Waals surface area contributed by atoms with Gasteiger partial charge in [0, 0.05) is 10.1 Å². The molecule has 0 saturated carbocycles. The Kier molecular flexibility index (Phi) is 5.23. The van der Waals surface area contributed by atoms with Crippen LogP contribution in [0.4, 0.5) is 0 Å². The average molecular weight is 339 g/mol. The molecule has 0 aliphatic rings. The van der Waals surface area contributed by atoms with Gasteiger partial charge in [-0.1, -0.05) is 30.2 Å². The highest BCUT2D eigenvalue weighted by atomic mass is 127. The van der Waals surface area contributed by atoms with Crippen molar-refractivity contribution in [1.82, 2.24) is 4.90 Å². The summed E-state index contributed by atoms with van der Waals surface area (Å²) in [6.45, 7) is 6.49. The molecule has 0 atom stereocenters. The van der Waals surface area contributed by atoms with Crippen molar-refractivity contribution in [1.29, 1.82) is 0 Å². The van der Waals surface area contributed by atoms with Crippen LogP contribution in [0, 0.1) is 15.9 Å². The smallest absolute Gasteiger partial charge is 0.256 e. The molecular formula is C14H14INO. The third-order valence-corrected chi connectivity index (χ3v) is 3.08. The fraction of sp³-hybridized carbons (Fsp3) is 0.214. The molecule has 0 aromatic heterocycles. The minimum absolute atomic E-state index is 0.0454. The lowest BCUT2D eigenvalue weighted by Crippen LogP contribution is -2.33. The van der Waals surface area contributed by atoms with Crippen LogP contribution in [-0.2, 0) is 0 Å². The van der Waals surface area contributed by atoms with Gasteiger partial charge in [0.1, 0.15) is 0 Å². The van der Waals surface area contributed by atoms with Crippen LogP contribution in [0.5, 0.6) is 0 Å². The second kappa shape index (κ2) is 6.45. The molecule has 0 fully saturated rings. The lowest BCUT2D eigenvalue weighted by molar-refractivity contribution is 0.0789. The van der Waals surface area contributed by atoms with Crippen LogP contribution in [0.2, 0.25) is 0 Å². The van der Waals surface area contributed by atoms with Crippen LogP contribution >= 0.6 is 22.6 Å². The summed E-state index contributed by atoms with van der Waals surface area (Å²) < 4.78 is 0.929. The lowest BCUT2D eigenvalue weighted by atomic mass is 10.2. The number of amides is 1. The fourth-order valence-electron chi connectivity index (χ4n) is 1.44. The largest absolute Gasteiger partial charge is 0.324 e. The number of benzene rings is 1. The van der Waals surface area contributed by atoms with Crippen LogP contribution < -0.4 is 0 Å². The quantitative estimate of drug-likeness (QED) is 0.469. The van der Waals surface area contributed by atoms with E-state index in [1.807, 2.05) is 31.2 Å². The normalized spacial score (nSPS) is 9.47. The van der Waals surface area contributed by atoms with Gasteiger partial charge in [-0.25, -0.2) is 0 Å². The van der Waals surface area contributed by atoms with Crippen LogP contribution in [0.15, 0.2) is 36.4 Å². The number of hydrogen-bond donors (Lipinski definition) is 0. The first-order chi connectivity index (χ1) is 8.06. The summed E-state index contributed by atoms with van der Waals surface area (Å²) in [5.74, 6) is 2.46. The van der Waals surface area contributed by atoms with Crippen molar-refractivity contribution >= 4 is 28.5 Å². The van der Waals surface area contributed by atoms with Crippen molar-refractivity contribution in [3.05, 3.63) is 45.6 Å². The maximum absolute atomic E-state index is 12.3. The Morgan fingerprint density at radius 2 is 2.18 bits per heavy atom. The van der Waals surface area contributed by atoms with Crippen LogP contribution in [0.3, 0.4) is 0 Å². The van der Waals surface area contributed by atoms with Gasteiger partial charge in [0.15, 0.2) is 0 Å². The monoisotopic (exact) mass is 339 g/mol. The van der Waals surface area contributed by atoms with Crippen molar-refractivity contribution in [2.45, 2.75) is 6.92 Å². The van der Waals surface area contributed by atoms with Gasteiger partial charge in [-0.2, -0.15) is 0 Å². The van der Waals surface area contributed by atoms with Gasteiger partial charge in [0.2, 0.25) is 0 Å². The predicted octanol–water partition coefficient (Wildman–Crippen LogP) is 2.94. The summed E-state index contributed by atoms with van der Waals surface area (Å²) in [4.78, 5) is 13.9. The Balaban J connectivity index is 2.96. The van der Waals surface area contributed by atoms with Gasteiger partial charge in [-0.3, -0.25) is 4.79 Å². The summed E-state index contributed by atoms with van der Waals surface area (Å²) in [5, 5.41) is 0. The number of carbonyl (C=O) groups excluding carboxylic acids is 1. The molecule has 2 nitrogen and oxygen atoms in total. The number of terminal acetylenes is 1. The molecule has 88 valence electrons. The van der Waals surface area contributed by atoms with E-state index >= 15 is 0 Å². The Bertz CT molecular complexity index is 473. The average Bonchev–Trinajstić information content (AvgIpc) is 2.28. The summed E-state index contributed by atoms with van der Waals surface area (Å²) in [5.41, 5.74) is 1.60. The first kappa shape index (κ1) is 13.8. The molecule has 0 spiro atoms. The van der Waals surface area contributed by atoms with Crippen molar-refractivity contribution in [3.8, 4) is 12.3 Å². The van der Waals surface area contributed by atoms with Crippen molar-refractivity contribution in [2.75, 3.05) is 13.1 Å². The second-order valence-corrected chi connectivity index (χ2v) is 4.96. The maximum Gasteiger partial charge on any atom is 0.256 e. The van der Waals surface area contributed by atoms with Crippen molar-refractivity contribution in [2.24, 2.45) is 0 Å². The van der Waals surface area contributed by atoms with E-state index in [0.717, 1.165) is 9.14 Å². The number of nitrogens with zero attached hydrogens (tertiary/aromatic N) is 1. The lowest BCUT2D eigenvalue weighted by Gasteiger charge is -2.20. The first-order valence-electron chi connectivity index (χ1n) is 5.18. The van der Waals surface area contributed by atoms with Gasteiger partial charge in [0.05, 0.1) is 12.1 Å². The van der Waals surface area contributed by atoms with Gasteiger partial charge in [-0.15, -0.1) is 6.42 Å². The molecule has 0 N–H and O–H groups in total. The topological polar surface area (TPSA) is 20.3 Å². The molecule has 0 bridgehead atoms. The number of rotatable bonds is 4. The van der Waals surface area contributed by atoms with Crippen LogP contribution in [-0.4, -0.2) is 23.9 Å². The van der Waals surface area contributed by atoms with Gasteiger partial charge in [0.25, 0.3) is 5.91 Å². The summed E-state index contributed by atoms with van der Waals surface area (Å²) in [7, 11) is 0. The highest BCUT2D eigenvalue weighted by molar-refractivity contribution is 14.1. The second-order valence-electron chi connectivity index (χ2n) is 3.80. The summed E-state index contributed by atoms with van der Waals surface area (Å²) in [6.07, 6.45) is 5.28. The minimum Gasteiger partial charge on any atom is -0.324 e. The first-order valence-corrected chi connectivity index (χ1v) is 6.25. The van der Waals surface area contributed by atoms with Crippen molar-refractivity contribution < 1.29 is 4.79 Å². The zero-order valence-corrected chi connectivity index (χ0v) is 11.9. The van der Waals surface area contributed by atoms with E-state index in [4.69, 9.17) is 6.42 Å². The maximum atomic E-state index is 12.3. The molecule has 3 heteroatoms. The van der Waals surface area contributed by atoms with Crippen LogP contribution in [0.1, 0.15) is 17.3 Å². The Morgan fingerprint density at radius 1 is 1.53 bits per heavy atom. The Hall–Kier alpha value is -1.28. The van der Waals surface area contributed by atoms with Crippen LogP contribution in [0.25, 0.3) is 0 Å². The molecule has 17 heavy (non-hydrogen) atoms. The Labute approximate surface area is 116 Å². The number of carbonyl (C=O) groups is 1. The fourth-order valence-corrected chi connectivity index (χ4v) is 2.06. The zero-order valence-electron chi connectivity index (χ0n) is 9.74. The van der Waals surface area contributed by atoms with Gasteiger partial charge >= 0.3 is 0 Å². The van der Waals surface area contributed by atoms with E-state index in [1.54, 1.807) is 4.90 Å². The van der Waals surface area contributed by atoms with E-state index < -0.39 is 0 Å². The molecule has 0 radical (unpaired) electrons. The standard InChI is InChI=1S/C14H14INO/c1-4-9-16(10-11(2)3)14(17)12-7-5-6-8-13(12)15/h1,5-8H,2,9-10H2,3H3. The molecule has 1 aromatic carbocycles. The molecule has 1 rings (SSSR count). The number of halogens is 1. The summed E-state index contributed by atoms with van der Waals surface area (Å²) in [6, 6.07) is 7.47. The van der Waals surface area contributed by atoms with E-state index in [2.05, 4.69) is 35.1 Å². The SMILES string of the molecule is C#CCN(CC(=C)C)C(=O)c1ccccc1I. The highest BCUT2D eigenvalue weighted by Crippen LogP contribution is 2.14. The number of hydrogen-bond acceptors (Lipinski definition) is 1. The minimum atomic E-state index is -0.0454. The summed E-state index contributed by atoms with van der Waals surface area (Å²) >= 11 is 2.15. The molecule has 0 saturated heterocycles. The van der Waals surface area contributed by atoms with Crippen molar-refractivity contribution in [3.63, 3.8) is 0 Å². The van der Waals surface area contributed by atoms with E-state index in [1.165, 1.54) is 0 Å². The van der Waals surface area contributed by atoms with Gasteiger partial charge < -0.3 is 4.90 Å².